The molecule has 0 spiro atoms. The van der Waals surface area contributed by atoms with Crippen molar-refractivity contribution in [3.05, 3.63) is 21.9 Å². The van der Waals surface area contributed by atoms with Crippen LogP contribution in [0.5, 0.6) is 0 Å². The van der Waals surface area contributed by atoms with Crippen molar-refractivity contribution in [2.75, 3.05) is 6.54 Å². The lowest BCUT2D eigenvalue weighted by molar-refractivity contribution is 0.152. The Morgan fingerprint density at radius 1 is 1.53 bits per heavy atom. The van der Waals surface area contributed by atoms with Gasteiger partial charge in [0.25, 0.3) is 0 Å². The van der Waals surface area contributed by atoms with Crippen molar-refractivity contribution in [3.8, 4) is 0 Å². The van der Waals surface area contributed by atoms with Gasteiger partial charge >= 0.3 is 0 Å². The molecule has 0 bridgehead atoms. The highest BCUT2D eigenvalue weighted by Gasteiger charge is 2.31. The molecule has 1 atom stereocenters. The van der Waals surface area contributed by atoms with E-state index >= 15 is 0 Å². The fraction of sp³-hybridized carbons (Fsp3) is 0.692. The minimum absolute atomic E-state index is 0.516. The van der Waals surface area contributed by atoms with Gasteiger partial charge in [0.1, 0.15) is 0 Å². The van der Waals surface area contributed by atoms with E-state index in [0.29, 0.717) is 11.5 Å². The second kappa shape index (κ2) is 4.26. The van der Waals surface area contributed by atoms with Crippen LogP contribution in [0.2, 0.25) is 0 Å². The van der Waals surface area contributed by atoms with Gasteiger partial charge in [-0.15, -0.1) is 11.3 Å². The van der Waals surface area contributed by atoms with E-state index in [0.717, 1.165) is 0 Å². The van der Waals surface area contributed by atoms with Gasteiger partial charge in [-0.3, -0.25) is 0 Å². The lowest BCUT2D eigenvalue weighted by Crippen LogP contribution is -2.38. The van der Waals surface area contributed by atoms with Crippen molar-refractivity contribution < 1.29 is 0 Å². The third-order valence-electron chi connectivity index (χ3n) is 3.69. The van der Waals surface area contributed by atoms with Crippen LogP contribution in [0, 0.1) is 12.3 Å². The van der Waals surface area contributed by atoms with E-state index in [2.05, 4.69) is 37.5 Å². The van der Waals surface area contributed by atoms with Crippen LogP contribution in [0.15, 0.2) is 11.4 Å². The van der Waals surface area contributed by atoms with Crippen LogP contribution in [0.4, 0.5) is 0 Å². The molecule has 84 valence electrons. The molecule has 1 fully saturated rings. The summed E-state index contributed by atoms with van der Waals surface area (Å²) in [5, 5.41) is 5.87. The molecule has 1 saturated carbocycles. The highest BCUT2D eigenvalue weighted by Crippen LogP contribution is 2.40. The van der Waals surface area contributed by atoms with Gasteiger partial charge in [-0.2, -0.15) is 0 Å². The zero-order valence-electron chi connectivity index (χ0n) is 9.97. The molecule has 1 aliphatic rings. The minimum atomic E-state index is 0.516. The van der Waals surface area contributed by atoms with Crippen LogP contribution in [-0.4, -0.2) is 6.54 Å². The van der Waals surface area contributed by atoms with E-state index in [4.69, 9.17) is 0 Å². The first-order chi connectivity index (χ1) is 7.11. The zero-order chi connectivity index (χ0) is 10.9. The Labute approximate surface area is 96.9 Å². The minimum Gasteiger partial charge on any atom is -0.309 e. The van der Waals surface area contributed by atoms with Crippen LogP contribution in [0.3, 0.4) is 0 Å². The van der Waals surface area contributed by atoms with E-state index < -0.39 is 0 Å². The van der Waals surface area contributed by atoms with Gasteiger partial charge < -0.3 is 5.32 Å². The molecule has 15 heavy (non-hydrogen) atoms. The SMILES string of the molecule is Cc1ccsc1C(C)NCC1(C)CCC1. The van der Waals surface area contributed by atoms with Crippen LogP contribution in [-0.2, 0) is 0 Å². The molecular formula is C13H21NS. The number of aryl methyl sites for hydroxylation is 1. The van der Waals surface area contributed by atoms with Gasteiger partial charge in [-0.05, 0) is 49.1 Å². The smallest absolute Gasteiger partial charge is 0.0388 e. The monoisotopic (exact) mass is 223 g/mol. The highest BCUT2D eigenvalue weighted by atomic mass is 32.1. The lowest BCUT2D eigenvalue weighted by Gasteiger charge is -2.39. The summed E-state index contributed by atoms with van der Waals surface area (Å²) in [5.41, 5.74) is 2.01. The van der Waals surface area contributed by atoms with E-state index in [1.807, 2.05) is 11.3 Å². The molecule has 1 aromatic heterocycles. The summed E-state index contributed by atoms with van der Waals surface area (Å²) < 4.78 is 0. The predicted octanol–water partition coefficient (Wildman–Crippen LogP) is 3.90. The molecule has 0 aromatic carbocycles. The van der Waals surface area contributed by atoms with Crippen molar-refractivity contribution in [3.63, 3.8) is 0 Å². The Hall–Kier alpha value is -0.340. The van der Waals surface area contributed by atoms with Gasteiger partial charge in [-0.25, -0.2) is 0 Å². The van der Waals surface area contributed by atoms with Gasteiger partial charge in [0, 0.05) is 17.5 Å². The Morgan fingerprint density at radius 2 is 2.27 bits per heavy atom. The molecule has 2 rings (SSSR count). The first kappa shape index (κ1) is 11.2. The number of hydrogen-bond donors (Lipinski definition) is 1. The van der Waals surface area contributed by atoms with Gasteiger partial charge in [0.05, 0.1) is 0 Å². The van der Waals surface area contributed by atoms with Gasteiger partial charge in [0.2, 0.25) is 0 Å². The van der Waals surface area contributed by atoms with E-state index in [1.165, 1.54) is 36.2 Å². The molecule has 0 aliphatic heterocycles. The van der Waals surface area contributed by atoms with Crippen LogP contribution < -0.4 is 5.32 Å². The second-order valence-electron chi connectivity index (χ2n) is 5.23. The summed E-state index contributed by atoms with van der Waals surface area (Å²) in [7, 11) is 0. The quantitative estimate of drug-likeness (QED) is 0.816. The summed E-state index contributed by atoms with van der Waals surface area (Å²) in [5.74, 6) is 0. The van der Waals surface area contributed by atoms with Crippen LogP contribution in [0.1, 0.15) is 49.6 Å². The van der Waals surface area contributed by atoms with Crippen molar-refractivity contribution >= 4 is 11.3 Å². The molecule has 0 amide bonds. The first-order valence-corrected chi connectivity index (χ1v) is 6.76. The standard InChI is InChI=1S/C13H21NS/c1-10-5-8-15-12(10)11(2)14-9-13(3)6-4-7-13/h5,8,11,14H,4,6-7,9H2,1-3H3. The molecule has 1 aromatic rings. The first-order valence-electron chi connectivity index (χ1n) is 5.88. The van der Waals surface area contributed by atoms with Gasteiger partial charge in [0.15, 0.2) is 0 Å². The third kappa shape index (κ3) is 2.43. The van der Waals surface area contributed by atoms with Crippen LogP contribution >= 0.6 is 11.3 Å². The summed E-state index contributed by atoms with van der Waals surface area (Å²) >= 11 is 1.87. The lowest BCUT2D eigenvalue weighted by atomic mass is 9.70. The highest BCUT2D eigenvalue weighted by molar-refractivity contribution is 7.10. The number of thiophene rings is 1. The molecule has 1 aliphatic carbocycles. The molecule has 1 nitrogen and oxygen atoms in total. The Bertz CT molecular complexity index is 325. The van der Waals surface area contributed by atoms with Crippen molar-refractivity contribution in [2.24, 2.45) is 5.41 Å². The molecule has 1 N–H and O–H groups in total. The van der Waals surface area contributed by atoms with E-state index in [1.54, 1.807) is 0 Å². The van der Waals surface area contributed by atoms with Crippen LogP contribution in [0.25, 0.3) is 0 Å². The Morgan fingerprint density at radius 3 is 2.73 bits per heavy atom. The normalized spacial score (nSPS) is 21.0. The number of nitrogens with one attached hydrogen (secondary N) is 1. The summed E-state index contributed by atoms with van der Waals surface area (Å²) in [6, 6.07) is 2.73. The summed E-state index contributed by atoms with van der Waals surface area (Å²) in [4.78, 5) is 1.50. The maximum atomic E-state index is 3.68. The fourth-order valence-electron chi connectivity index (χ4n) is 2.28. The molecule has 0 saturated heterocycles. The third-order valence-corrected chi connectivity index (χ3v) is 4.89. The average molecular weight is 223 g/mol. The second-order valence-corrected chi connectivity index (χ2v) is 6.18. The molecule has 1 unspecified atom stereocenters. The van der Waals surface area contributed by atoms with Crippen molar-refractivity contribution in [2.45, 2.75) is 46.1 Å². The molecule has 1 heterocycles. The summed E-state index contributed by atoms with van der Waals surface area (Å²) in [6.07, 6.45) is 4.22. The Balaban J connectivity index is 1.87. The molecular weight excluding hydrogens is 202 g/mol. The predicted molar refractivity (Wildman–Crippen MR) is 67.4 cm³/mol. The zero-order valence-corrected chi connectivity index (χ0v) is 10.8. The van der Waals surface area contributed by atoms with Crippen molar-refractivity contribution in [1.29, 1.82) is 0 Å². The largest absolute Gasteiger partial charge is 0.309 e. The molecule has 0 radical (unpaired) electrons. The Kier molecular flexibility index (Phi) is 3.17. The van der Waals surface area contributed by atoms with E-state index in [9.17, 15) is 0 Å². The summed E-state index contributed by atoms with van der Waals surface area (Å²) in [6.45, 7) is 8.05. The topological polar surface area (TPSA) is 12.0 Å². The number of hydrogen-bond acceptors (Lipinski definition) is 2. The molecule has 2 heteroatoms. The average Bonchev–Trinajstić information content (AvgIpc) is 2.58. The maximum absolute atomic E-state index is 3.68. The van der Waals surface area contributed by atoms with Crippen molar-refractivity contribution in [1.82, 2.24) is 5.32 Å². The maximum Gasteiger partial charge on any atom is 0.0388 e. The van der Waals surface area contributed by atoms with E-state index in [-0.39, 0.29) is 0 Å². The fourth-order valence-corrected chi connectivity index (χ4v) is 3.24. The van der Waals surface area contributed by atoms with Gasteiger partial charge in [-0.1, -0.05) is 13.3 Å². The number of rotatable bonds is 4.